The summed E-state index contributed by atoms with van der Waals surface area (Å²) < 4.78 is 8.19. The fourth-order valence-corrected chi connectivity index (χ4v) is 4.64. The van der Waals surface area contributed by atoms with Crippen LogP contribution in [0.3, 0.4) is 0 Å². The number of methoxy groups -OCH3 is 1. The molecule has 29 heavy (non-hydrogen) atoms. The largest absolute Gasteiger partial charge is 0.497 e. The quantitative estimate of drug-likeness (QED) is 0.751. The summed E-state index contributed by atoms with van der Waals surface area (Å²) in [5.74, 6) is 0.398. The fourth-order valence-electron chi connectivity index (χ4n) is 3.29. The van der Waals surface area contributed by atoms with Gasteiger partial charge in [-0.2, -0.15) is 10.0 Å². The van der Waals surface area contributed by atoms with E-state index in [4.69, 9.17) is 10.1 Å². The highest BCUT2D eigenvalue weighted by molar-refractivity contribution is 8.45. The summed E-state index contributed by atoms with van der Waals surface area (Å²) in [5.41, 5.74) is 4.03. The lowest BCUT2D eigenvalue weighted by Gasteiger charge is -2.20. The van der Waals surface area contributed by atoms with Gasteiger partial charge >= 0.3 is 0 Å². The molecule has 3 heterocycles. The van der Waals surface area contributed by atoms with Crippen molar-refractivity contribution in [2.24, 2.45) is 10.1 Å². The van der Waals surface area contributed by atoms with Crippen LogP contribution in [0.1, 0.15) is 17.0 Å². The van der Waals surface area contributed by atoms with Gasteiger partial charge in [-0.25, -0.2) is 0 Å². The Morgan fingerprint density at radius 3 is 2.79 bits per heavy atom. The number of hydrogen-bond acceptors (Lipinski definition) is 6. The van der Waals surface area contributed by atoms with Crippen LogP contribution in [0, 0.1) is 19.3 Å². The van der Waals surface area contributed by atoms with E-state index in [0.717, 1.165) is 32.8 Å². The Balaban J connectivity index is 1.75. The summed E-state index contributed by atoms with van der Waals surface area (Å²) in [6.45, 7) is 3.99. The van der Waals surface area contributed by atoms with Gasteiger partial charge in [0.25, 0.3) is 5.91 Å². The molecule has 0 bridgehead atoms. The molecule has 0 saturated heterocycles. The van der Waals surface area contributed by atoms with Crippen LogP contribution in [0.25, 0.3) is 11.8 Å². The summed E-state index contributed by atoms with van der Waals surface area (Å²) in [7, 11) is 1.64. The predicted molar refractivity (Wildman–Crippen MR) is 120 cm³/mol. The number of nitrogens with one attached hydrogen (secondary N) is 1. The van der Waals surface area contributed by atoms with Gasteiger partial charge in [0.05, 0.1) is 12.7 Å². The molecule has 0 atom stereocenters. The molecule has 0 spiro atoms. The highest BCUT2D eigenvalue weighted by Crippen LogP contribution is 2.32. The standard InChI is InChI=1S/C20H19N5O2S2/c1-11-8-13(12(2)24(11)14-6-5-7-15(10-14)27-3)9-16-17(21)25-19(22-18(16)26)29-20(23-25)28-4/h5-10,21H,1-4H3/b16-9+,21-17?. The molecule has 7 nitrogen and oxygen atoms in total. The maximum Gasteiger partial charge on any atom is 0.283 e. The van der Waals surface area contributed by atoms with E-state index in [9.17, 15) is 4.79 Å². The molecule has 0 radical (unpaired) electrons. The highest BCUT2D eigenvalue weighted by atomic mass is 32.2. The lowest BCUT2D eigenvalue weighted by molar-refractivity contribution is -0.114. The van der Waals surface area contributed by atoms with E-state index < -0.39 is 5.91 Å². The number of carbonyl (C=O) groups is 1. The number of benzene rings is 1. The number of nitrogens with zero attached hydrogens (tertiary/aromatic N) is 4. The Labute approximate surface area is 177 Å². The molecule has 0 saturated carbocycles. The molecule has 2 aliphatic heterocycles. The SMILES string of the molecule is COc1cccc(-n2c(C)cc(/C=C3\C(=N)N4N=C(SC)SC4=NC3=O)c2C)c1. The van der Waals surface area contributed by atoms with Gasteiger partial charge in [0.15, 0.2) is 10.2 Å². The molecule has 2 aromatic rings. The molecular formula is C20H19N5O2S2. The molecule has 1 aromatic carbocycles. The summed E-state index contributed by atoms with van der Waals surface area (Å²) >= 11 is 2.77. The third kappa shape index (κ3) is 3.40. The van der Waals surface area contributed by atoms with Crippen LogP contribution >= 0.6 is 23.5 Å². The smallest absolute Gasteiger partial charge is 0.283 e. The molecule has 148 valence electrons. The molecule has 2 aliphatic rings. The Bertz CT molecular complexity index is 1130. The highest BCUT2D eigenvalue weighted by Gasteiger charge is 2.35. The molecule has 1 amide bonds. The van der Waals surface area contributed by atoms with E-state index in [1.165, 1.54) is 28.5 Å². The van der Waals surface area contributed by atoms with E-state index in [2.05, 4.69) is 14.7 Å². The van der Waals surface area contributed by atoms with Gasteiger partial charge in [0, 0.05) is 23.1 Å². The molecule has 0 unspecified atom stereocenters. The number of rotatable bonds is 3. The maximum absolute atomic E-state index is 12.6. The number of aliphatic imine (C=N–C) groups is 1. The molecule has 0 fully saturated rings. The van der Waals surface area contributed by atoms with Crippen molar-refractivity contribution in [1.82, 2.24) is 9.58 Å². The van der Waals surface area contributed by atoms with E-state index in [0.29, 0.717) is 5.17 Å². The number of ether oxygens (including phenoxy) is 1. The van der Waals surface area contributed by atoms with Crippen molar-refractivity contribution in [2.45, 2.75) is 13.8 Å². The first-order valence-corrected chi connectivity index (χ1v) is 10.8. The molecular weight excluding hydrogens is 406 g/mol. The average Bonchev–Trinajstić information content (AvgIpc) is 3.25. The minimum absolute atomic E-state index is 0.0442. The summed E-state index contributed by atoms with van der Waals surface area (Å²) in [5, 5.41) is 14.7. The molecule has 1 N–H and O–H groups in total. The molecule has 0 aliphatic carbocycles. The Morgan fingerprint density at radius 1 is 1.28 bits per heavy atom. The van der Waals surface area contributed by atoms with E-state index in [1.54, 1.807) is 13.2 Å². The number of hydrazone groups is 1. The third-order valence-electron chi connectivity index (χ3n) is 4.69. The van der Waals surface area contributed by atoms with Gasteiger partial charge in [0.2, 0.25) is 5.17 Å². The molecule has 1 aromatic heterocycles. The van der Waals surface area contributed by atoms with Gasteiger partial charge in [0.1, 0.15) is 5.75 Å². The van der Waals surface area contributed by atoms with Crippen molar-refractivity contribution in [3.05, 3.63) is 52.9 Å². The van der Waals surface area contributed by atoms with Crippen LogP contribution in [0.4, 0.5) is 0 Å². The van der Waals surface area contributed by atoms with Crippen molar-refractivity contribution in [3.8, 4) is 11.4 Å². The van der Waals surface area contributed by atoms with Gasteiger partial charge in [-0.1, -0.05) is 6.07 Å². The topological polar surface area (TPSA) is 83.0 Å². The number of aromatic nitrogens is 1. The Morgan fingerprint density at radius 2 is 2.07 bits per heavy atom. The minimum atomic E-state index is -0.419. The van der Waals surface area contributed by atoms with Crippen molar-refractivity contribution in [2.75, 3.05) is 13.4 Å². The Hall–Kier alpha value is -2.78. The monoisotopic (exact) mass is 425 g/mol. The van der Waals surface area contributed by atoms with Crippen LogP contribution in [0.5, 0.6) is 5.75 Å². The third-order valence-corrected chi connectivity index (χ3v) is 6.58. The van der Waals surface area contributed by atoms with Gasteiger partial charge in [-0.3, -0.25) is 10.2 Å². The normalized spacial score (nSPS) is 17.5. The van der Waals surface area contributed by atoms with Crippen LogP contribution in [0.2, 0.25) is 0 Å². The summed E-state index contributed by atoms with van der Waals surface area (Å²) in [6.07, 6.45) is 3.63. The molecule has 4 rings (SSSR count). The number of amides is 1. The lowest BCUT2D eigenvalue weighted by atomic mass is 10.1. The van der Waals surface area contributed by atoms with Crippen LogP contribution in [-0.4, -0.2) is 44.2 Å². The van der Waals surface area contributed by atoms with Gasteiger partial charge in [-0.15, -0.1) is 16.9 Å². The fraction of sp³-hybridized carbons (Fsp3) is 0.200. The summed E-state index contributed by atoms with van der Waals surface area (Å²) in [6, 6.07) is 9.80. The minimum Gasteiger partial charge on any atom is -0.497 e. The van der Waals surface area contributed by atoms with Crippen LogP contribution in [0.15, 0.2) is 46.0 Å². The predicted octanol–water partition coefficient (Wildman–Crippen LogP) is 4.04. The number of amidine groups is 2. The number of hydrogen-bond donors (Lipinski definition) is 1. The van der Waals surface area contributed by atoms with Crippen molar-refractivity contribution < 1.29 is 9.53 Å². The zero-order chi connectivity index (χ0) is 20.7. The zero-order valence-corrected chi connectivity index (χ0v) is 18.0. The number of thioether (sulfide) groups is 2. The van der Waals surface area contributed by atoms with Crippen molar-refractivity contribution >= 4 is 50.9 Å². The van der Waals surface area contributed by atoms with Crippen LogP contribution in [-0.2, 0) is 4.79 Å². The number of aryl methyl sites for hydroxylation is 1. The zero-order valence-electron chi connectivity index (χ0n) is 16.4. The number of carbonyl (C=O) groups excluding carboxylic acids is 1. The van der Waals surface area contributed by atoms with E-state index in [-0.39, 0.29) is 11.4 Å². The second-order valence-electron chi connectivity index (χ2n) is 6.45. The van der Waals surface area contributed by atoms with Crippen LogP contribution < -0.4 is 4.74 Å². The lowest BCUT2D eigenvalue weighted by Crippen LogP contribution is -2.35. The van der Waals surface area contributed by atoms with E-state index in [1.807, 2.05) is 50.4 Å². The van der Waals surface area contributed by atoms with Crippen molar-refractivity contribution in [3.63, 3.8) is 0 Å². The van der Waals surface area contributed by atoms with Gasteiger partial charge < -0.3 is 9.30 Å². The first-order valence-electron chi connectivity index (χ1n) is 8.80. The second kappa shape index (κ2) is 7.57. The molecule has 9 heteroatoms. The van der Waals surface area contributed by atoms with Gasteiger partial charge in [-0.05, 0) is 61.7 Å². The first kappa shape index (κ1) is 19.5. The maximum atomic E-state index is 12.6. The average molecular weight is 426 g/mol. The first-order chi connectivity index (χ1) is 13.9. The number of fused-ring (bicyclic) bond motifs is 1. The second-order valence-corrected chi connectivity index (χ2v) is 8.46. The van der Waals surface area contributed by atoms with Crippen molar-refractivity contribution in [1.29, 1.82) is 5.41 Å². The van der Waals surface area contributed by atoms with E-state index >= 15 is 0 Å². The summed E-state index contributed by atoms with van der Waals surface area (Å²) in [4.78, 5) is 16.7. The Kier molecular flexibility index (Phi) is 5.10.